The van der Waals surface area contributed by atoms with Gasteiger partial charge in [0.25, 0.3) is 0 Å². The summed E-state index contributed by atoms with van der Waals surface area (Å²) >= 11 is 5.47. The SMILES string of the molecule is CCOc1cccc2c1[nH]c(=S)n2C1CC1CC. The van der Waals surface area contributed by atoms with Crippen LogP contribution in [0.5, 0.6) is 5.75 Å². The lowest BCUT2D eigenvalue weighted by atomic mass is 10.3. The minimum Gasteiger partial charge on any atom is -0.492 e. The Kier molecular flexibility index (Phi) is 2.90. The van der Waals surface area contributed by atoms with Crippen LogP contribution in [0.3, 0.4) is 0 Å². The van der Waals surface area contributed by atoms with E-state index in [1.54, 1.807) is 0 Å². The van der Waals surface area contributed by atoms with Gasteiger partial charge in [0.05, 0.1) is 12.1 Å². The molecule has 1 saturated carbocycles. The van der Waals surface area contributed by atoms with Crippen LogP contribution in [0.15, 0.2) is 18.2 Å². The van der Waals surface area contributed by atoms with E-state index in [0.717, 1.165) is 22.0 Å². The van der Waals surface area contributed by atoms with Crippen LogP contribution in [-0.4, -0.2) is 16.2 Å². The molecule has 0 aliphatic heterocycles. The number of hydrogen-bond donors (Lipinski definition) is 1. The summed E-state index contributed by atoms with van der Waals surface area (Å²) in [6, 6.07) is 6.73. The summed E-state index contributed by atoms with van der Waals surface area (Å²) in [5.74, 6) is 1.68. The Morgan fingerprint density at radius 1 is 1.44 bits per heavy atom. The highest BCUT2D eigenvalue weighted by molar-refractivity contribution is 7.71. The summed E-state index contributed by atoms with van der Waals surface area (Å²) in [4.78, 5) is 3.30. The van der Waals surface area contributed by atoms with Crippen LogP contribution < -0.4 is 4.74 Å². The Hall–Kier alpha value is -1.29. The van der Waals surface area contributed by atoms with Crippen LogP contribution in [0.2, 0.25) is 0 Å². The Labute approximate surface area is 112 Å². The van der Waals surface area contributed by atoms with Crippen molar-refractivity contribution in [3.63, 3.8) is 0 Å². The van der Waals surface area contributed by atoms with E-state index in [4.69, 9.17) is 17.0 Å². The highest BCUT2D eigenvalue weighted by Gasteiger charge is 2.38. The lowest BCUT2D eigenvalue weighted by Gasteiger charge is -2.06. The Bertz CT molecular complexity index is 628. The third kappa shape index (κ3) is 1.75. The van der Waals surface area contributed by atoms with Gasteiger partial charge in [-0.1, -0.05) is 19.4 Å². The Balaban J connectivity index is 2.13. The van der Waals surface area contributed by atoms with Crippen LogP contribution in [-0.2, 0) is 0 Å². The molecule has 1 aromatic carbocycles. The topological polar surface area (TPSA) is 29.9 Å². The van der Waals surface area contributed by atoms with Gasteiger partial charge in [-0.05, 0) is 43.6 Å². The van der Waals surface area contributed by atoms with Crippen LogP contribution in [0.4, 0.5) is 0 Å². The van der Waals surface area contributed by atoms with Gasteiger partial charge in [0.15, 0.2) is 4.77 Å². The maximum atomic E-state index is 5.65. The minimum absolute atomic E-state index is 0.577. The van der Waals surface area contributed by atoms with E-state index >= 15 is 0 Å². The van der Waals surface area contributed by atoms with Crippen molar-refractivity contribution in [1.82, 2.24) is 9.55 Å². The molecule has 4 heteroatoms. The van der Waals surface area contributed by atoms with E-state index in [0.29, 0.717) is 12.6 Å². The first kappa shape index (κ1) is 11.8. The highest BCUT2D eigenvalue weighted by Crippen LogP contribution is 2.47. The summed E-state index contributed by atoms with van der Waals surface area (Å²) < 4.78 is 8.73. The molecule has 2 atom stereocenters. The highest BCUT2D eigenvalue weighted by atomic mass is 32.1. The van der Waals surface area contributed by atoms with Gasteiger partial charge in [-0.25, -0.2) is 0 Å². The summed E-state index contributed by atoms with van der Waals surface area (Å²) in [5.41, 5.74) is 2.21. The number of fused-ring (bicyclic) bond motifs is 1. The number of benzene rings is 1. The van der Waals surface area contributed by atoms with Crippen molar-refractivity contribution in [3.8, 4) is 5.75 Å². The van der Waals surface area contributed by atoms with Gasteiger partial charge < -0.3 is 14.3 Å². The predicted octanol–water partition coefficient (Wildman–Crippen LogP) is 4.07. The van der Waals surface area contributed by atoms with Crippen molar-refractivity contribution in [2.75, 3.05) is 6.61 Å². The molecule has 1 aromatic heterocycles. The second-order valence-electron chi connectivity index (χ2n) is 4.85. The number of ether oxygens (including phenoxy) is 1. The van der Waals surface area contributed by atoms with Gasteiger partial charge in [-0.2, -0.15) is 0 Å². The second kappa shape index (κ2) is 4.43. The van der Waals surface area contributed by atoms with Crippen molar-refractivity contribution < 1.29 is 4.74 Å². The summed E-state index contributed by atoms with van der Waals surface area (Å²) in [6.45, 7) is 4.92. The minimum atomic E-state index is 0.577. The average Bonchev–Trinajstić information content (AvgIpc) is 3.05. The second-order valence-corrected chi connectivity index (χ2v) is 5.24. The molecule has 0 saturated heterocycles. The molecule has 18 heavy (non-hydrogen) atoms. The third-order valence-electron chi connectivity index (χ3n) is 3.76. The largest absolute Gasteiger partial charge is 0.492 e. The normalized spacial score (nSPS) is 22.3. The molecule has 0 amide bonds. The first-order valence-electron chi connectivity index (χ1n) is 6.62. The van der Waals surface area contributed by atoms with Crippen LogP contribution in [0, 0.1) is 10.7 Å². The molecule has 1 heterocycles. The molecule has 3 nitrogen and oxygen atoms in total. The number of para-hydroxylation sites is 1. The maximum absolute atomic E-state index is 5.65. The van der Waals surface area contributed by atoms with Crippen molar-refractivity contribution >= 4 is 23.3 Å². The Morgan fingerprint density at radius 2 is 2.28 bits per heavy atom. The molecule has 0 spiro atoms. The lowest BCUT2D eigenvalue weighted by molar-refractivity contribution is 0.343. The van der Waals surface area contributed by atoms with Gasteiger partial charge in [0.2, 0.25) is 0 Å². The summed E-state index contributed by atoms with van der Waals surface area (Å²) in [6.07, 6.45) is 2.47. The predicted molar refractivity (Wildman–Crippen MR) is 75.7 cm³/mol. The first-order valence-corrected chi connectivity index (χ1v) is 7.03. The smallest absolute Gasteiger partial charge is 0.178 e. The molecular formula is C14H18N2OS. The molecule has 1 aliphatic carbocycles. The fourth-order valence-corrected chi connectivity index (χ4v) is 3.05. The summed E-state index contributed by atoms with van der Waals surface area (Å²) in [7, 11) is 0. The number of nitrogens with zero attached hydrogens (tertiary/aromatic N) is 1. The van der Waals surface area contributed by atoms with Crippen LogP contribution in [0.1, 0.15) is 32.7 Å². The number of aromatic amines is 1. The molecule has 96 valence electrons. The van der Waals surface area contributed by atoms with E-state index in [1.165, 1.54) is 18.4 Å². The van der Waals surface area contributed by atoms with Crippen molar-refractivity contribution in [3.05, 3.63) is 23.0 Å². The van der Waals surface area contributed by atoms with Crippen molar-refractivity contribution in [2.45, 2.75) is 32.7 Å². The molecule has 2 unspecified atom stereocenters. The van der Waals surface area contributed by atoms with Gasteiger partial charge >= 0.3 is 0 Å². The zero-order valence-corrected chi connectivity index (χ0v) is 11.6. The van der Waals surface area contributed by atoms with E-state index in [9.17, 15) is 0 Å². The number of aromatic nitrogens is 2. The lowest BCUT2D eigenvalue weighted by Crippen LogP contribution is -1.96. The van der Waals surface area contributed by atoms with Crippen LogP contribution in [0.25, 0.3) is 11.0 Å². The van der Waals surface area contributed by atoms with Crippen molar-refractivity contribution in [1.29, 1.82) is 0 Å². The van der Waals surface area contributed by atoms with Crippen molar-refractivity contribution in [2.24, 2.45) is 5.92 Å². The molecule has 1 fully saturated rings. The fraction of sp³-hybridized carbons (Fsp3) is 0.500. The molecule has 0 bridgehead atoms. The molecule has 0 radical (unpaired) electrons. The molecule has 1 aliphatic rings. The van der Waals surface area contributed by atoms with E-state index in [1.807, 2.05) is 19.1 Å². The quantitative estimate of drug-likeness (QED) is 0.842. The number of nitrogens with one attached hydrogen (secondary N) is 1. The molecule has 2 aromatic rings. The van der Waals surface area contributed by atoms with Gasteiger partial charge in [-0.15, -0.1) is 0 Å². The standard InChI is InChI=1S/C14H18N2OS/c1-3-9-8-11(9)16-10-6-5-7-12(17-4-2)13(10)15-14(16)18/h5-7,9,11H,3-4,8H2,1-2H3,(H,15,18). The van der Waals surface area contributed by atoms with E-state index in [-0.39, 0.29) is 0 Å². The molecule has 1 N–H and O–H groups in total. The zero-order valence-electron chi connectivity index (χ0n) is 10.8. The Morgan fingerprint density at radius 3 is 2.94 bits per heavy atom. The van der Waals surface area contributed by atoms with E-state index in [2.05, 4.69) is 22.5 Å². The monoisotopic (exact) mass is 262 g/mol. The van der Waals surface area contributed by atoms with E-state index < -0.39 is 0 Å². The molecule has 3 rings (SSSR count). The maximum Gasteiger partial charge on any atom is 0.178 e. The van der Waals surface area contributed by atoms with Gasteiger partial charge in [0, 0.05) is 6.04 Å². The number of rotatable bonds is 4. The number of hydrogen-bond acceptors (Lipinski definition) is 2. The number of H-pyrrole nitrogens is 1. The van der Waals surface area contributed by atoms with Crippen LogP contribution >= 0.6 is 12.2 Å². The zero-order chi connectivity index (χ0) is 12.7. The first-order chi connectivity index (χ1) is 8.76. The van der Waals surface area contributed by atoms with Gasteiger partial charge in [0.1, 0.15) is 11.3 Å². The third-order valence-corrected chi connectivity index (χ3v) is 4.05. The number of imidazole rings is 1. The summed E-state index contributed by atoms with van der Waals surface area (Å²) in [5, 5.41) is 0. The average molecular weight is 262 g/mol. The van der Waals surface area contributed by atoms with Gasteiger partial charge in [-0.3, -0.25) is 0 Å². The molecular weight excluding hydrogens is 244 g/mol. The fourth-order valence-electron chi connectivity index (χ4n) is 2.71.